The second-order valence-corrected chi connectivity index (χ2v) is 5.49. The Morgan fingerprint density at radius 3 is 2.52 bits per heavy atom. The number of nitrogens with one attached hydrogen (secondary N) is 1. The molecule has 2 rings (SSSR count). The molecule has 0 heterocycles. The first-order valence-electron chi connectivity index (χ1n) is 6.06. The topological polar surface area (TPSA) is 81.4 Å². The molecule has 0 fully saturated rings. The summed E-state index contributed by atoms with van der Waals surface area (Å²) in [5.74, 6) is -0.394. The predicted molar refractivity (Wildman–Crippen MR) is 88.6 cm³/mol. The van der Waals surface area contributed by atoms with Gasteiger partial charge < -0.3 is 15.8 Å². The van der Waals surface area contributed by atoms with Gasteiger partial charge in [0.15, 0.2) is 0 Å². The van der Waals surface area contributed by atoms with Gasteiger partial charge in [0.2, 0.25) is 5.91 Å². The number of hydrogen-bond donors (Lipinski definition) is 2. The molecule has 0 spiro atoms. The number of hydrogen-bond acceptors (Lipinski definition) is 3. The van der Waals surface area contributed by atoms with E-state index in [0.717, 1.165) is 3.57 Å². The van der Waals surface area contributed by atoms with Crippen molar-refractivity contribution in [2.75, 3.05) is 12.4 Å². The van der Waals surface area contributed by atoms with Crippen molar-refractivity contribution in [3.63, 3.8) is 0 Å². The van der Waals surface area contributed by atoms with Gasteiger partial charge >= 0.3 is 0 Å². The molecule has 0 aliphatic heterocycles. The van der Waals surface area contributed by atoms with Crippen LogP contribution in [0, 0.1) is 3.57 Å². The lowest BCUT2D eigenvalue weighted by Gasteiger charge is -2.11. The highest BCUT2D eigenvalue weighted by Gasteiger charge is 2.12. The molecule has 3 N–H and O–H groups in total. The zero-order chi connectivity index (χ0) is 15.4. The number of methoxy groups -OCH3 is 1. The number of anilines is 1. The van der Waals surface area contributed by atoms with Crippen molar-refractivity contribution < 1.29 is 14.3 Å². The van der Waals surface area contributed by atoms with Crippen molar-refractivity contribution in [2.45, 2.75) is 0 Å². The number of halogens is 1. The molecule has 6 heteroatoms. The first-order chi connectivity index (χ1) is 10.0. The number of carbonyl (C=O) groups excluding carboxylic acids is 2. The number of amides is 2. The number of nitrogens with two attached hydrogens (primary N) is 1. The summed E-state index contributed by atoms with van der Waals surface area (Å²) >= 11 is 2.13. The summed E-state index contributed by atoms with van der Waals surface area (Å²) in [6.45, 7) is 0. The second kappa shape index (κ2) is 6.57. The van der Waals surface area contributed by atoms with Crippen molar-refractivity contribution in [2.24, 2.45) is 5.73 Å². The van der Waals surface area contributed by atoms with Gasteiger partial charge in [-0.15, -0.1) is 0 Å². The van der Waals surface area contributed by atoms with E-state index in [1.807, 2.05) is 6.07 Å². The Balaban J connectivity index is 2.31. The van der Waals surface area contributed by atoms with E-state index in [-0.39, 0.29) is 5.91 Å². The van der Waals surface area contributed by atoms with E-state index in [1.165, 1.54) is 13.2 Å². The van der Waals surface area contributed by atoms with Crippen molar-refractivity contribution >= 4 is 40.1 Å². The van der Waals surface area contributed by atoms with Gasteiger partial charge in [0, 0.05) is 14.7 Å². The molecule has 0 saturated carbocycles. The number of ether oxygens (including phenoxy) is 1. The van der Waals surface area contributed by atoms with Crippen LogP contribution in [0.25, 0.3) is 0 Å². The molecule has 0 aliphatic carbocycles. The standard InChI is InChI=1S/C15H13IN2O3/c1-21-13-6-5-9(14(17)19)8-12(13)18-15(20)10-3-2-4-11(16)7-10/h2-8H,1H3,(H2,17,19)(H,18,20). The zero-order valence-electron chi connectivity index (χ0n) is 11.2. The highest BCUT2D eigenvalue weighted by molar-refractivity contribution is 14.1. The van der Waals surface area contributed by atoms with Crippen LogP contribution in [0.2, 0.25) is 0 Å². The fraction of sp³-hybridized carbons (Fsp3) is 0.0667. The van der Waals surface area contributed by atoms with Gasteiger partial charge in [-0.05, 0) is 59.0 Å². The minimum atomic E-state index is -0.567. The van der Waals surface area contributed by atoms with Crippen LogP contribution in [0.5, 0.6) is 5.75 Å². The van der Waals surface area contributed by atoms with Gasteiger partial charge in [-0.1, -0.05) is 6.07 Å². The maximum absolute atomic E-state index is 12.2. The van der Waals surface area contributed by atoms with E-state index >= 15 is 0 Å². The van der Waals surface area contributed by atoms with Crippen LogP contribution in [0.15, 0.2) is 42.5 Å². The summed E-state index contributed by atoms with van der Waals surface area (Å²) in [6, 6.07) is 11.8. The number of primary amides is 1. The average molecular weight is 396 g/mol. The van der Waals surface area contributed by atoms with Crippen LogP contribution in [0.4, 0.5) is 5.69 Å². The normalized spacial score (nSPS) is 10.0. The van der Waals surface area contributed by atoms with Crippen LogP contribution in [0.3, 0.4) is 0 Å². The van der Waals surface area contributed by atoms with Gasteiger partial charge in [-0.3, -0.25) is 9.59 Å². The summed E-state index contributed by atoms with van der Waals surface area (Å²) in [6.07, 6.45) is 0. The molecule has 0 saturated heterocycles. The van der Waals surface area contributed by atoms with Crippen LogP contribution in [0.1, 0.15) is 20.7 Å². The first kappa shape index (κ1) is 15.3. The van der Waals surface area contributed by atoms with Crippen LogP contribution < -0.4 is 15.8 Å². The molecule has 2 amide bonds. The van der Waals surface area contributed by atoms with Crippen LogP contribution in [-0.4, -0.2) is 18.9 Å². The highest BCUT2D eigenvalue weighted by Crippen LogP contribution is 2.26. The zero-order valence-corrected chi connectivity index (χ0v) is 13.4. The maximum Gasteiger partial charge on any atom is 0.255 e. The Kier molecular flexibility index (Phi) is 4.79. The van der Waals surface area contributed by atoms with E-state index < -0.39 is 5.91 Å². The van der Waals surface area contributed by atoms with Gasteiger partial charge in [0.1, 0.15) is 5.75 Å². The minimum Gasteiger partial charge on any atom is -0.495 e. The molecule has 0 bridgehead atoms. The molecule has 0 radical (unpaired) electrons. The van der Waals surface area contributed by atoms with Gasteiger partial charge in [-0.2, -0.15) is 0 Å². The Morgan fingerprint density at radius 2 is 1.90 bits per heavy atom. The number of carbonyl (C=O) groups is 2. The smallest absolute Gasteiger partial charge is 0.255 e. The Hall–Kier alpha value is -2.09. The Bertz CT molecular complexity index is 701. The number of benzene rings is 2. The molecule has 0 aliphatic rings. The van der Waals surface area contributed by atoms with Gasteiger partial charge in [-0.25, -0.2) is 0 Å². The van der Waals surface area contributed by atoms with Crippen molar-refractivity contribution in [3.8, 4) is 5.75 Å². The lowest BCUT2D eigenvalue weighted by Crippen LogP contribution is -2.15. The first-order valence-corrected chi connectivity index (χ1v) is 7.14. The summed E-state index contributed by atoms with van der Waals surface area (Å²) in [7, 11) is 1.49. The number of rotatable bonds is 4. The fourth-order valence-corrected chi connectivity index (χ4v) is 2.33. The monoisotopic (exact) mass is 396 g/mol. The average Bonchev–Trinajstić information content (AvgIpc) is 2.47. The van der Waals surface area contributed by atoms with Crippen LogP contribution >= 0.6 is 22.6 Å². The van der Waals surface area contributed by atoms with Crippen LogP contribution in [-0.2, 0) is 0 Å². The van der Waals surface area contributed by atoms with Gasteiger partial charge in [0.25, 0.3) is 5.91 Å². The third-order valence-electron chi connectivity index (χ3n) is 2.82. The summed E-state index contributed by atoms with van der Waals surface area (Å²) in [5.41, 5.74) is 6.46. The Labute approximate surface area is 135 Å². The molecule has 2 aromatic carbocycles. The minimum absolute atomic E-state index is 0.284. The molecule has 21 heavy (non-hydrogen) atoms. The summed E-state index contributed by atoms with van der Waals surface area (Å²) in [5, 5.41) is 2.73. The third kappa shape index (κ3) is 3.72. The van der Waals surface area contributed by atoms with E-state index in [9.17, 15) is 9.59 Å². The van der Waals surface area contributed by atoms with E-state index in [0.29, 0.717) is 22.6 Å². The summed E-state index contributed by atoms with van der Waals surface area (Å²) < 4.78 is 6.13. The predicted octanol–water partition coefficient (Wildman–Crippen LogP) is 2.65. The highest BCUT2D eigenvalue weighted by atomic mass is 127. The molecule has 0 unspecified atom stereocenters. The largest absolute Gasteiger partial charge is 0.495 e. The molecule has 108 valence electrons. The maximum atomic E-state index is 12.2. The summed E-state index contributed by atoms with van der Waals surface area (Å²) in [4.78, 5) is 23.5. The third-order valence-corrected chi connectivity index (χ3v) is 3.49. The van der Waals surface area contributed by atoms with Crippen molar-refractivity contribution in [3.05, 3.63) is 57.2 Å². The molecule has 5 nitrogen and oxygen atoms in total. The lowest BCUT2D eigenvalue weighted by molar-refractivity contribution is 0.0996. The van der Waals surface area contributed by atoms with Gasteiger partial charge in [0.05, 0.1) is 12.8 Å². The Morgan fingerprint density at radius 1 is 1.14 bits per heavy atom. The SMILES string of the molecule is COc1ccc(C(N)=O)cc1NC(=O)c1cccc(I)c1. The quantitative estimate of drug-likeness (QED) is 0.780. The van der Waals surface area contributed by atoms with Crippen molar-refractivity contribution in [1.29, 1.82) is 0 Å². The van der Waals surface area contributed by atoms with Crippen molar-refractivity contribution in [1.82, 2.24) is 0 Å². The molecule has 2 aromatic rings. The lowest BCUT2D eigenvalue weighted by atomic mass is 10.1. The van der Waals surface area contributed by atoms with E-state index in [1.54, 1.807) is 30.3 Å². The molecule has 0 aromatic heterocycles. The van der Waals surface area contributed by atoms with E-state index in [2.05, 4.69) is 27.9 Å². The fourth-order valence-electron chi connectivity index (χ4n) is 1.78. The second-order valence-electron chi connectivity index (χ2n) is 4.24. The van der Waals surface area contributed by atoms with E-state index in [4.69, 9.17) is 10.5 Å². The molecule has 0 atom stereocenters. The molecular weight excluding hydrogens is 383 g/mol. The molecular formula is C15H13IN2O3.